The van der Waals surface area contributed by atoms with E-state index in [9.17, 15) is 20.3 Å². The van der Waals surface area contributed by atoms with Crippen LogP contribution in [0.15, 0.2) is 53.5 Å². The summed E-state index contributed by atoms with van der Waals surface area (Å²) >= 11 is 0. The van der Waals surface area contributed by atoms with Gasteiger partial charge in [0.15, 0.2) is 0 Å². The summed E-state index contributed by atoms with van der Waals surface area (Å²) in [6.45, 7) is 0.103. The van der Waals surface area contributed by atoms with Crippen LogP contribution in [-0.2, 0) is 0 Å². The third kappa shape index (κ3) is 3.87. The molecule has 0 aromatic heterocycles. The van der Waals surface area contributed by atoms with Crippen LogP contribution in [0.4, 0.5) is 5.69 Å². The first-order valence-corrected chi connectivity index (χ1v) is 6.28. The Kier molecular flexibility index (Phi) is 4.63. The Morgan fingerprint density at radius 3 is 2.48 bits per heavy atom. The monoisotopic (exact) mass is 286 g/mol. The molecule has 0 saturated carbocycles. The lowest BCUT2D eigenvalue weighted by molar-refractivity contribution is -0.384. The van der Waals surface area contributed by atoms with Gasteiger partial charge in [-0.3, -0.25) is 15.1 Å². The van der Waals surface area contributed by atoms with E-state index >= 15 is 0 Å². The molecule has 0 heterocycles. The third-order valence-corrected chi connectivity index (χ3v) is 2.93. The van der Waals surface area contributed by atoms with Crippen LogP contribution < -0.4 is 0 Å². The lowest BCUT2D eigenvalue weighted by Gasteiger charge is -2.07. The number of aliphatic hydroxyl groups excluding tert-OH is 1. The fraction of sp³-hybridized carbons (Fsp3) is 0.133. The van der Waals surface area contributed by atoms with E-state index in [1.54, 1.807) is 24.3 Å². The molecule has 0 amide bonds. The highest BCUT2D eigenvalue weighted by molar-refractivity contribution is 5.83. The van der Waals surface area contributed by atoms with Gasteiger partial charge in [0.25, 0.3) is 5.69 Å². The predicted octanol–water partition coefficient (Wildman–Crippen LogP) is 2.45. The fourth-order valence-corrected chi connectivity index (χ4v) is 1.77. The third-order valence-electron chi connectivity index (χ3n) is 2.93. The highest BCUT2D eigenvalue weighted by Crippen LogP contribution is 2.18. The Morgan fingerprint density at radius 1 is 1.19 bits per heavy atom. The molecule has 2 N–H and O–H groups in total. The smallest absolute Gasteiger partial charge is 0.269 e. The zero-order valence-corrected chi connectivity index (χ0v) is 11.1. The summed E-state index contributed by atoms with van der Waals surface area (Å²) < 4.78 is 0. The van der Waals surface area contributed by atoms with Crippen molar-refractivity contribution in [1.82, 2.24) is 0 Å². The van der Waals surface area contributed by atoms with Crippen molar-refractivity contribution < 1.29 is 15.1 Å². The molecule has 1 atom stereocenters. The first-order valence-electron chi connectivity index (χ1n) is 6.28. The Morgan fingerprint density at radius 2 is 1.86 bits per heavy atom. The number of phenols is 1. The minimum atomic E-state index is -0.854. The first kappa shape index (κ1) is 14.7. The number of benzene rings is 2. The van der Waals surface area contributed by atoms with Crippen molar-refractivity contribution in [3.8, 4) is 5.75 Å². The molecule has 0 bridgehead atoms. The number of nitrogens with zero attached hydrogens (tertiary/aromatic N) is 2. The molecule has 0 radical (unpaired) electrons. The lowest BCUT2D eigenvalue weighted by atomic mass is 10.1. The number of hydrogen-bond acceptors (Lipinski definition) is 5. The molecule has 108 valence electrons. The summed E-state index contributed by atoms with van der Waals surface area (Å²) in [5.41, 5.74) is 1.09. The number of aromatic hydroxyl groups is 1. The molecule has 2 aromatic rings. The molecule has 21 heavy (non-hydrogen) atoms. The van der Waals surface area contributed by atoms with Gasteiger partial charge in [0.2, 0.25) is 0 Å². The van der Waals surface area contributed by atoms with E-state index in [1.807, 2.05) is 0 Å². The van der Waals surface area contributed by atoms with Crippen molar-refractivity contribution in [2.45, 2.75) is 6.10 Å². The van der Waals surface area contributed by atoms with E-state index in [4.69, 9.17) is 0 Å². The van der Waals surface area contributed by atoms with E-state index in [1.165, 1.54) is 30.5 Å². The van der Waals surface area contributed by atoms with Gasteiger partial charge in [0, 0.05) is 23.9 Å². The van der Waals surface area contributed by atoms with Crippen LogP contribution in [0.3, 0.4) is 0 Å². The standard InChI is InChI=1S/C15H14N2O4/c18-14-4-2-1-3-12(14)9-16-10-15(19)11-5-7-13(8-6-11)17(20)21/h1-9,15,18-19H,10H2/t15-/m0/s1. The van der Waals surface area contributed by atoms with Gasteiger partial charge in [-0.05, 0) is 29.8 Å². The maximum atomic E-state index is 10.5. The summed E-state index contributed by atoms with van der Waals surface area (Å²) in [6, 6.07) is 12.4. The van der Waals surface area contributed by atoms with Crippen LogP contribution in [-0.4, -0.2) is 27.9 Å². The van der Waals surface area contributed by atoms with E-state index in [2.05, 4.69) is 4.99 Å². The summed E-state index contributed by atoms with van der Waals surface area (Å²) in [6.07, 6.45) is 0.622. The second-order valence-electron chi connectivity index (χ2n) is 4.42. The van der Waals surface area contributed by atoms with Gasteiger partial charge in [-0.25, -0.2) is 0 Å². The van der Waals surface area contributed by atoms with Crippen molar-refractivity contribution in [2.24, 2.45) is 4.99 Å². The number of rotatable bonds is 5. The molecule has 0 unspecified atom stereocenters. The van der Waals surface area contributed by atoms with Crippen molar-refractivity contribution in [3.05, 3.63) is 69.8 Å². The molecular formula is C15H14N2O4. The van der Waals surface area contributed by atoms with Gasteiger partial charge in [-0.1, -0.05) is 12.1 Å². The molecular weight excluding hydrogens is 272 g/mol. The minimum Gasteiger partial charge on any atom is -0.507 e. The second-order valence-corrected chi connectivity index (χ2v) is 4.42. The average molecular weight is 286 g/mol. The quantitative estimate of drug-likeness (QED) is 0.501. The normalized spacial score (nSPS) is 12.4. The van der Waals surface area contributed by atoms with Crippen molar-refractivity contribution >= 4 is 11.9 Å². The van der Waals surface area contributed by atoms with Crippen LogP contribution in [0.25, 0.3) is 0 Å². The van der Waals surface area contributed by atoms with Gasteiger partial charge in [0.05, 0.1) is 17.6 Å². The molecule has 2 rings (SSSR count). The van der Waals surface area contributed by atoms with Crippen LogP contribution in [0.5, 0.6) is 5.75 Å². The van der Waals surface area contributed by atoms with Crippen LogP contribution >= 0.6 is 0 Å². The fourth-order valence-electron chi connectivity index (χ4n) is 1.77. The number of aliphatic hydroxyl groups is 1. The summed E-state index contributed by atoms with van der Waals surface area (Å²) in [4.78, 5) is 14.1. The van der Waals surface area contributed by atoms with E-state index in [0.29, 0.717) is 11.1 Å². The molecule has 0 aliphatic carbocycles. The molecule has 0 saturated heterocycles. The number of aliphatic imine (C=N–C) groups is 1. The molecule has 6 nitrogen and oxygen atoms in total. The Hall–Kier alpha value is -2.73. The number of nitro groups is 1. The maximum absolute atomic E-state index is 10.5. The first-order chi connectivity index (χ1) is 10.1. The molecule has 0 spiro atoms. The molecule has 0 aliphatic heterocycles. The van der Waals surface area contributed by atoms with E-state index in [0.717, 1.165) is 0 Å². The Bertz CT molecular complexity index is 653. The average Bonchev–Trinajstić information content (AvgIpc) is 2.49. The Balaban J connectivity index is 2.00. The van der Waals surface area contributed by atoms with Gasteiger partial charge in [0.1, 0.15) is 5.75 Å². The number of para-hydroxylation sites is 1. The summed E-state index contributed by atoms with van der Waals surface area (Å²) in [7, 11) is 0. The maximum Gasteiger partial charge on any atom is 0.269 e. The van der Waals surface area contributed by atoms with Gasteiger partial charge in [-0.2, -0.15) is 0 Å². The van der Waals surface area contributed by atoms with E-state index in [-0.39, 0.29) is 18.0 Å². The highest BCUT2D eigenvalue weighted by Gasteiger charge is 2.09. The molecule has 0 fully saturated rings. The van der Waals surface area contributed by atoms with Gasteiger partial charge >= 0.3 is 0 Å². The minimum absolute atomic E-state index is 0.0244. The largest absolute Gasteiger partial charge is 0.507 e. The number of non-ortho nitro benzene ring substituents is 1. The molecule has 2 aromatic carbocycles. The van der Waals surface area contributed by atoms with Crippen molar-refractivity contribution in [2.75, 3.05) is 6.54 Å². The van der Waals surface area contributed by atoms with Crippen molar-refractivity contribution in [3.63, 3.8) is 0 Å². The van der Waals surface area contributed by atoms with Gasteiger partial charge in [-0.15, -0.1) is 0 Å². The zero-order valence-electron chi connectivity index (χ0n) is 11.1. The summed E-state index contributed by atoms with van der Waals surface area (Å²) in [5, 5.41) is 30.0. The van der Waals surface area contributed by atoms with Crippen LogP contribution in [0, 0.1) is 10.1 Å². The lowest BCUT2D eigenvalue weighted by Crippen LogP contribution is -2.02. The second kappa shape index (κ2) is 6.62. The Labute approximate surface area is 121 Å². The highest BCUT2D eigenvalue weighted by atomic mass is 16.6. The van der Waals surface area contributed by atoms with E-state index < -0.39 is 11.0 Å². The predicted molar refractivity (Wildman–Crippen MR) is 78.6 cm³/mol. The molecule has 6 heteroatoms. The number of nitro benzene ring substituents is 1. The summed E-state index contributed by atoms with van der Waals surface area (Å²) in [5.74, 6) is 0.117. The topological polar surface area (TPSA) is 96.0 Å². The number of hydrogen-bond donors (Lipinski definition) is 2. The van der Waals surface area contributed by atoms with Crippen LogP contribution in [0.1, 0.15) is 17.2 Å². The SMILES string of the molecule is O=[N+]([O-])c1ccc([C@@H](O)CN=Cc2ccccc2O)cc1. The molecule has 0 aliphatic rings. The van der Waals surface area contributed by atoms with Crippen LogP contribution in [0.2, 0.25) is 0 Å². The van der Waals surface area contributed by atoms with Gasteiger partial charge < -0.3 is 10.2 Å². The number of phenolic OH excluding ortho intramolecular Hbond substituents is 1. The zero-order chi connectivity index (χ0) is 15.2. The van der Waals surface area contributed by atoms with Crippen molar-refractivity contribution in [1.29, 1.82) is 0 Å².